The number of halogens is 2. The fourth-order valence-corrected chi connectivity index (χ4v) is 2.71. The predicted octanol–water partition coefficient (Wildman–Crippen LogP) is 2.34. The Morgan fingerprint density at radius 1 is 1.50 bits per heavy atom. The first kappa shape index (κ1) is 8.69. The fraction of sp³-hybridized carbons (Fsp3) is 0.455. The van der Waals surface area contributed by atoms with Gasteiger partial charge in [0.15, 0.2) is 0 Å². The van der Waals surface area contributed by atoms with E-state index >= 15 is 0 Å². The van der Waals surface area contributed by atoms with Crippen LogP contribution in [0.4, 0.5) is 4.39 Å². The largest absolute Gasteiger partial charge is 0.316 e. The summed E-state index contributed by atoms with van der Waals surface area (Å²) in [6.45, 7) is 2.06. The molecule has 14 heavy (non-hydrogen) atoms. The maximum atomic E-state index is 13.3. The van der Waals surface area contributed by atoms with Gasteiger partial charge in [0, 0.05) is 12.0 Å². The van der Waals surface area contributed by atoms with Gasteiger partial charge in [-0.05, 0) is 36.6 Å². The van der Waals surface area contributed by atoms with E-state index in [4.69, 9.17) is 11.6 Å². The fourth-order valence-electron chi connectivity index (χ4n) is 2.60. The van der Waals surface area contributed by atoms with Crippen LogP contribution in [0.15, 0.2) is 18.2 Å². The number of nitrogens with one attached hydrogen (secondary N) is 1. The van der Waals surface area contributed by atoms with Gasteiger partial charge in [-0.25, -0.2) is 4.39 Å². The molecule has 2 unspecified atom stereocenters. The van der Waals surface area contributed by atoms with Crippen LogP contribution in [0.2, 0.25) is 5.02 Å². The average molecular weight is 212 g/mol. The summed E-state index contributed by atoms with van der Waals surface area (Å²) in [4.78, 5) is 0. The second-order valence-electron chi connectivity index (χ2n) is 4.32. The van der Waals surface area contributed by atoms with E-state index in [1.165, 1.54) is 6.42 Å². The van der Waals surface area contributed by atoms with Crippen LogP contribution in [-0.4, -0.2) is 13.1 Å². The van der Waals surface area contributed by atoms with Gasteiger partial charge < -0.3 is 5.32 Å². The van der Waals surface area contributed by atoms with Crippen LogP contribution in [0, 0.1) is 11.7 Å². The first-order chi connectivity index (χ1) is 6.72. The molecule has 2 atom stereocenters. The monoisotopic (exact) mass is 211 g/mol. The second kappa shape index (κ2) is 2.71. The minimum absolute atomic E-state index is 0.216. The Bertz CT molecular complexity index is 393. The van der Waals surface area contributed by atoms with Crippen LogP contribution < -0.4 is 5.32 Å². The third-order valence-electron chi connectivity index (χ3n) is 3.56. The van der Waals surface area contributed by atoms with Crippen molar-refractivity contribution in [3.63, 3.8) is 0 Å². The average Bonchev–Trinajstić information content (AvgIpc) is 2.75. The van der Waals surface area contributed by atoms with Gasteiger partial charge in [0.1, 0.15) is 5.82 Å². The molecule has 1 aromatic carbocycles. The molecule has 1 aromatic rings. The van der Waals surface area contributed by atoms with Gasteiger partial charge in [0.05, 0.1) is 5.02 Å². The van der Waals surface area contributed by atoms with E-state index in [0.29, 0.717) is 5.92 Å². The maximum Gasteiger partial charge on any atom is 0.142 e. The lowest BCUT2D eigenvalue weighted by Crippen LogP contribution is -2.19. The highest BCUT2D eigenvalue weighted by atomic mass is 35.5. The smallest absolute Gasteiger partial charge is 0.142 e. The Kier molecular flexibility index (Phi) is 1.68. The molecule has 1 saturated carbocycles. The molecule has 0 bridgehead atoms. The molecule has 2 fully saturated rings. The van der Waals surface area contributed by atoms with Crippen molar-refractivity contribution < 1.29 is 4.39 Å². The van der Waals surface area contributed by atoms with E-state index < -0.39 is 0 Å². The molecule has 1 heterocycles. The highest BCUT2D eigenvalue weighted by Crippen LogP contribution is 2.56. The van der Waals surface area contributed by atoms with Gasteiger partial charge in [-0.2, -0.15) is 0 Å². The van der Waals surface area contributed by atoms with Gasteiger partial charge in [0.25, 0.3) is 0 Å². The Balaban J connectivity index is 2.01. The van der Waals surface area contributed by atoms with Gasteiger partial charge in [-0.3, -0.25) is 0 Å². The molecule has 1 N–H and O–H groups in total. The lowest BCUT2D eigenvalue weighted by Gasteiger charge is -2.12. The van der Waals surface area contributed by atoms with Crippen molar-refractivity contribution in [2.24, 2.45) is 5.92 Å². The summed E-state index contributed by atoms with van der Waals surface area (Å²) in [6, 6.07) is 5.21. The predicted molar refractivity (Wildman–Crippen MR) is 54.1 cm³/mol. The first-order valence-corrected chi connectivity index (χ1v) is 5.26. The summed E-state index contributed by atoms with van der Waals surface area (Å²) in [6.07, 6.45) is 1.20. The van der Waals surface area contributed by atoms with Gasteiger partial charge >= 0.3 is 0 Å². The number of hydrogen-bond acceptors (Lipinski definition) is 1. The minimum Gasteiger partial charge on any atom is -0.316 e. The Morgan fingerprint density at radius 2 is 2.36 bits per heavy atom. The van der Waals surface area contributed by atoms with Gasteiger partial charge in [-0.1, -0.05) is 17.7 Å². The molecular weight excluding hydrogens is 201 g/mol. The normalized spacial score (nSPS) is 34.3. The van der Waals surface area contributed by atoms with Crippen molar-refractivity contribution in [1.82, 2.24) is 5.32 Å². The highest BCUT2D eigenvalue weighted by Gasteiger charge is 2.58. The van der Waals surface area contributed by atoms with Crippen molar-refractivity contribution in [3.8, 4) is 0 Å². The van der Waals surface area contributed by atoms with Crippen LogP contribution in [-0.2, 0) is 5.41 Å². The van der Waals surface area contributed by atoms with Crippen molar-refractivity contribution >= 4 is 11.6 Å². The molecule has 0 spiro atoms. The minimum atomic E-state index is -0.295. The van der Waals surface area contributed by atoms with Crippen LogP contribution in [0.1, 0.15) is 12.0 Å². The van der Waals surface area contributed by atoms with Crippen LogP contribution in [0.5, 0.6) is 0 Å². The first-order valence-electron chi connectivity index (χ1n) is 4.89. The van der Waals surface area contributed by atoms with Crippen molar-refractivity contribution in [1.29, 1.82) is 0 Å². The molecule has 0 aromatic heterocycles. The zero-order valence-corrected chi connectivity index (χ0v) is 8.44. The summed E-state index contributed by atoms with van der Waals surface area (Å²) in [5, 5.41) is 3.56. The van der Waals surface area contributed by atoms with E-state index in [1.807, 2.05) is 6.07 Å². The third kappa shape index (κ3) is 1.04. The third-order valence-corrected chi connectivity index (χ3v) is 3.86. The van der Waals surface area contributed by atoms with E-state index in [1.54, 1.807) is 12.1 Å². The Morgan fingerprint density at radius 3 is 2.93 bits per heavy atom. The van der Waals surface area contributed by atoms with E-state index in [9.17, 15) is 4.39 Å². The van der Waals surface area contributed by atoms with Crippen LogP contribution >= 0.6 is 11.6 Å². The number of rotatable bonds is 1. The molecule has 1 nitrogen and oxygen atoms in total. The van der Waals surface area contributed by atoms with E-state index in [-0.39, 0.29) is 16.3 Å². The molecule has 1 aliphatic carbocycles. The molecule has 1 saturated heterocycles. The number of fused-ring (bicyclic) bond motifs is 1. The molecule has 3 heteroatoms. The standard InChI is InChI=1S/C11H11ClFN/c12-9-2-1-7(3-10(9)13)11-4-8(11)5-14-6-11/h1-3,8,14H,4-6H2. The van der Waals surface area contributed by atoms with Crippen molar-refractivity contribution in [2.45, 2.75) is 11.8 Å². The molecule has 0 amide bonds. The topological polar surface area (TPSA) is 12.0 Å². The number of hydrogen-bond donors (Lipinski definition) is 1. The van der Waals surface area contributed by atoms with Crippen molar-refractivity contribution in [2.75, 3.05) is 13.1 Å². The summed E-state index contributed by atoms with van der Waals surface area (Å²) in [7, 11) is 0. The molecule has 0 radical (unpaired) electrons. The second-order valence-corrected chi connectivity index (χ2v) is 4.72. The lowest BCUT2D eigenvalue weighted by atomic mass is 9.95. The molecule has 74 valence electrons. The number of benzene rings is 1. The highest BCUT2D eigenvalue weighted by molar-refractivity contribution is 6.30. The summed E-state index contributed by atoms with van der Waals surface area (Å²) >= 11 is 5.66. The van der Waals surface area contributed by atoms with E-state index in [0.717, 1.165) is 18.7 Å². The maximum absolute atomic E-state index is 13.3. The Hall–Kier alpha value is -0.600. The summed E-state index contributed by atoms with van der Waals surface area (Å²) in [5.41, 5.74) is 1.33. The molecule has 3 rings (SSSR count). The zero-order chi connectivity index (χ0) is 9.76. The lowest BCUT2D eigenvalue weighted by molar-refractivity contribution is 0.614. The SMILES string of the molecule is Fc1cc(C23CNCC2C3)ccc1Cl. The molecule has 1 aliphatic heterocycles. The number of piperidine rings is 1. The summed E-state index contributed by atoms with van der Waals surface area (Å²) < 4.78 is 13.3. The van der Waals surface area contributed by atoms with Gasteiger partial charge in [0.2, 0.25) is 0 Å². The zero-order valence-electron chi connectivity index (χ0n) is 7.69. The Labute approximate surface area is 87.3 Å². The van der Waals surface area contributed by atoms with E-state index in [2.05, 4.69) is 5.32 Å². The van der Waals surface area contributed by atoms with Crippen LogP contribution in [0.3, 0.4) is 0 Å². The molecule has 2 aliphatic rings. The quantitative estimate of drug-likeness (QED) is 0.752. The van der Waals surface area contributed by atoms with Crippen LogP contribution in [0.25, 0.3) is 0 Å². The summed E-state index contributed by atoms with van der Waals surface area (Å²) in [5.74, 6) is 0.416. The van der Waals surface area contributed by atoms with Gasteiger partial charge in [-0.15, -0.1) is 0 Å². The van der Waals surface area contributed by atoms with Crippen molar-refractivity contribution in [3.05, 3.63) is 34.6 Å². The molecular formula is C11H11ClFN.